The highest BCUT2D eigenvalue weighted by atomic mass is 31.2. The Hall–Kier alpha value is -0.943. The molecule has 0 saturated carbocycles. The molecule has 0 aliphatic carbocycles. The van der Waals surface area contributed by atoms with E-state index >= 15 is 0 Å². The maximum atomic E-state index is 12.6. The van der Waals surface area contributed by atoms with Gasteiger partial charge in [-0.25, -0.2) is 4.79 Å². The van der Waals surface area contributed by atoms with Crippen molar-refractivity contribution in [3.8, 4) is 0 Å². The van der Waals surface area contributed by atoms with Crippen LogP contribution in [0.25, 0.3) is 0 Å². The number of ether oxygens (including phenoxy) is 2. The van der Waals surface area contributed by atoms with Crippen LogP contribution in [0.1, 0.15) is 37.6 Å². The molecule has 0 aromatic heterocycles. The summed E-state index contributed by atoms with van der Waals surface area (Å²) in [6.07, 6.45) is -0.0395. The normalized spacial score (nSPS) is 24.0. The summed E-state index contributed by atoms with van der Waals surface area (Å²) in [6, 6.07) is 8.89. The largest absolute Gasteiger partial charge is 0.459 e. The predicted octanol–water partition coefficient (Wildman–Crippen LogP) is 4.97. The summed E-state index contributed by atoms with van der Waals surface area (Å²) in [5.41, 5.74) is 0.505. The third-order valence-electron chi connectivity index (χ3n) is 5.51. The molecule has 0 N–H and O–H groups in total. The molecule has 0 bridgehead atoms. The van der Waals surface area contributed by atoms with Crippen LogP contribution in [-0.4, -0.2) is 52.3 Å². The van der Waals surface area contributed by atoms with Gasteiger partial charge >= 0.3 is 5.97 Å². The Morgan fingerprint density at radius 2 is 1.81 bits per heavy atom. The zero-order valence-electron chi connectivity index (χ0n) is 17.5. The zero-order valence-corrected chi connectivity index (χ0v) is 19.4. The third-order valence-corrected chi connectivity index (χ3v) is 11.7. The first kappa shape index (κ1) is 22.3. The molecule has 0 spiro atoms. The van der Waals surface area contributed by atoms with Crippen LogP contribution in [0.2, 0.25) is 18.1 Å². The maximum absolute atomic E-state index is 12.6. The summed E-state index contributed by atoms with van der Waals surface area (Å²) in [4.78, 5) is 12.3. The highest BCUT2D eigenvalue weighted by molar-refractivity contribution is 7.62. The van der Waals surface area contributed by atoms with Gasteiger partial charge in [0.25, 0.3) is 0 Å². The maximum Gasteiger partial charge on any atom is 0.338 e. The molecule has 7 heteroatoms. The highest BCUT2D eigenvalue weighted by Gasteiger charge is 2.47. The second kappa shape index (κ2) is 8.20. The van der Waals surface area contributed by atoms with Gasteiger partial charge in [-0.15, -0.1) is 0 Å². The summed E-state index contributed by atoms with van der Waals surface area (Å²) >= 11 is 0. The number of hydrogen-bond acceptors (Lipinski definition) is 5. The number of hydrogen-bond donors (Lipinski definition) is 0. The van der Waals surface area contributed by atoms with Crippen LogP contribution in [0.15, 0.2) is 30.3 Å². The van der Waals surface area contributed by atoms with Gasteiger partial charge in [0.1, 0.15) is 25.7 Å². The molecule has 1 aliphatic heterocycles. The van der Waals surface area contributed by atoms with E-state index in [-0.39, 0.29) is 29.6 Å². The Morgan fingerprint density at radius 3 is 2.33 bits per heavy atom. The molecule has 1 aromatic carbocycles. The lowest BCUT2D eigenvalue weighted by Gasteiger charge is -2.39. The quantitative estimate of drug-likeness (QED) is 0.375. The minimum Gasteiger partial charge on any atom is -0.459 e. The van der Waals surface area contributed by atoms with Crippen molar-refractivity contribution in [2.24, 2.45) is 0 Å². The fraction of sp³-hybridized carbons (Fsp3) is 0.650. The van der Waals surface area contributed by atoms with Gasteiger partial charge in [0.05, 0.1) is 11.7 Å². The first-order valence-electron chi connectivity index (χ1n) is 9.41. The lowest BCUT2D eigenvalue weighted by molar-refractivity contribution is -0.0175. The fourth-order valence-corrected chi connectivity index (χ4v) is 5.26. The van der Waals surface area contributed by atoms with Gasteiger partial charge in [-0.05, 0) is 43.6 Å². The molecule has 27 heavy (non-hydrogen) atoms. The van der Waals surface area contributed by atoms with Crippen molar-refractivity contribution in [2.75, 3.05) is 19.9 Å². The van der Waals surface area contributed by atoms with Crippen LogP contribution < -0.4 is 0 Å². The van der Waals surface area contributed by atoms with Gasteiger partial charge in [0, 0.05) is 6.42 Å². The summed E-state index contributed by atoms with van der Waals surface area (Å²) in [7, 11) is -4.46. The van der Waals surface area contributed by atoms with E-state index in [0.717, 1.165) is 0 Å². The molecule has 0 unspecified atom stereocenters. The second-order valence-corrected chi connectivity index (χ2v) is 17.4. The summed E-state index contributed by atoms with van der Waals surface area (Å²) < 4.78 is 30.6. The molecule has 2 rings (SSSR count). The first-order chi connectivity index (χ1) is 12.3. The van der Waals surface area contributed by atoms with E-state index < -0.39 is 21.6 Å². The molecule has 1 aliphatic rings. The fourth-order valence-electron chi connectivity index (χ4n) is 2.74. The van der Waals surface area contributed by atoms with Gasteiger partial charge in [0.15, 0.2) is 8.32 Å². The first-order valence-corrected chi connectivity index (χ1v) is 15.0. The lowest BCUT2D eigenvalue weighted by atomic mass is 10.2. The van der Waals surface area contributed by atoms with Crippen LogP contribution in [0, 0.1) is 0 Å². The molecular formula is C20H33O5PSi. The SMILES string of the molecule is CC(C)(C)[Si](C)(C)O[C@H]1C[C@@H](P(C)(C)=O)O[C@@H]1COC(=O)c1ccccc1. The third kappa shape index (κ3) is 5.77. The predicted molar refractivity (Wildman–Crippen MR) is 112 cm³/mol. The molecule has 1 saturated heterocycles. The van der Waals surface area contributed by atoms with Crippen LogP contribution >= 0.6 is 7.14 Å². The smallest absolute Gasteiger partial charge is 0.338 e. The molecule has 1 fully saturated rings. The summed E-state index contributed by atoms with van der Waals surface area (Å²) in [5.74, 6) is -0.738. The van der Waals surface area contributed by atoms with E-state index in [2.05, 4.69) is 33.9 Å². The number of esters is 1. The molecule has 0 radical (unpaired) electrons. The Balaban J connectivity index is 2.10. The topological polar surface area (TPSA) is 61.8 Å². The van der Waals surface area contributed by atoms with Crippen molar-refractivity contribution in [3.63, 3.8) is 0 Å². The Labute approximate surface area is 164 Å². The molecule has 1 heterocycles. The van der Waals surface area contributed by atoms with E-state index in [1.807, 2.05) is 6.07 Å². The van der Waals surface area contributed by atoms with Gasteiger partial charge in [-0.2, -0.15) is 0 Å². The number of rotatable bonds is 6. The molecule has 3 atom stereocenters. The number of benzene rings is 1. The van der Waals surface area contributed by atoms with E-state index in [1.54, 1.807) is 37.6 Å². The average Bonchev–Trinajstić information content (AvgIpc) is 2.95. The Bertz CT molecular complexity index is 692. The van der Waals surface area contributed by atoms with Crippen LogP contribution in [0.3, 0.4) is 0 Å². The number of carbonyl (C=O) groups excluding carboxylic acids is 1. The molecular weight excluding hydrogens is 379 g/mol. The molecule has 0 amide bonds. The van der Waals surface area contributed by atoms with E-state index in [1.165, 1.54) is 0 Å². The van der Waals surface area contributed by atoms with Crippen molar-refractivity contribution in [1.29, 1.82) is 0 Å². The van der Waals surface area contributed by atoms with Crippen molar-refractivity contribution in [3.05, 3.63) is 35.9 Å². The lowest BCUT2D eigenvalue weighted by Crippen LogP contribution is -2.46. The molecule has 152 valence electrons. The molecule has 1 aromatic rings. The zero-order chi connectivity index (χ0) is 20.5. The summed E-state index contributed by atoms with van der Waals surface area (Å²) in [6.45, 7) is 14.5. The minimum absolute atomic E-state index is 0.0540. The number of carbonyl (C=O) groups is 1. The van der Waals surface area contributed by atoms with Crippen molar-refractivity contribution in [1.82, 2.24) is 0 Å². The van der Waals surface area contributed by atoms with E-state index in [4.69, 9.17) is 13.9 Å². The average molecular weight is 413 g/mol. The van der Waals surface area contributed by atoms with Gasteiger partial charge in [-0.1, -0.05) is 39.0 Å². The van der Waals surface area contributed by atoms with Gasteiger partial charge < -0.3 is 18.5 Å². The monoisotopic (exact) mass is 412 g/mol. The van der Waals surface area contributed by atoms with Gasteiger partial charge in [-0.3, -0.25) is 0 Å². The van der Waals surface area contributed by atoms with E-state index in [9.17, 15) is 9.36 Å². The van der Waals surface area contributed by atoms with Crippen molar-refractivity contribution in [2.45, 2.75) is 63.4 Å². The van der Waals surface area contributed by atoms with Crippen molar-refractivity contribution < 1.29 is 23.3 Å². The van der Waals surface area contributed by atoms with Crippen molar-refractivity contribution >= 4 is 21.4 Å². The molecule has 5 nitrogen and oxygen atoms in total. The minimum atomic E-state index is -2.43. The standard InChI is InChI=1S/C20H33O5PSi/c1-20(2,3)27(6,7)25-16-13-18(26(4,5)22)24-17(16)14-23-19(21)15-11-9-8-10-12-15/h8-12,16-18H,13-14H2,1-7H3/t16-,17+,18+/m0/s1. The Morgan fingerprint density at radius 1 is 1.22 bits per heavy atom. The Kier molecular flexibility index (Phi) is 6.79. The van der Waals surface area contributed by atoms with Crippen LogP contribution in [-0.2, 0) is 18.5 Å². The van der Waals surface area contributed by atoms with Crippen LogP contribution in [0.4, 0.5) is 0 Å². The van der Waals surface area contributed by atoms with Gasteiger partial charge in [0.2, 0.25) is 0 Å². The van der Waals surface area contributed by atoms with Crippen LogP contribution in [0.5, 0.6) is 0 Å². The van der Waals surface area contributed by atoms with E-state index in [0.29, 0.717) is 12.0 Å². The summed E-state index contributed by atoms with van der Waals surface area (Å²) in [5, 5.41) is 0.0540. The second-order valence-electron chi connectivity index (χ2n) is 9.18. The highest BCUT2D eigenvalue weighted by Crippen LogP contribution is 2.50.